The number of hydrogen-bond acceptors (Lipinski definition) is 2. The molecule has 0 radical (unpaired) electrons. The summed E-state index contributed by atoms with van der Waals surface area (Å²) in [6.45, 7) is 3.95. The molecule has 1 N–H and O–H groups in total. The maximum absolute atomic E-state index is 12.3. The molecule has 0 aromatic carbocycles. The second-order valence-electron chi connectivity index (χ2n) is 4.31. The fourth-order valence-electron chi connectivity index (χ4n) is 2.05. The van der Waals surface area contributed by atoms with Crippen molar-refractivity contribution < 1.29 is 9.59 Å². The van der Waals surface area contributed by atoms with Crippen LogP contribution in [0.4, 0.5) is 0 Å². The SMILES string of the molecule is CCCn1cc(Cl)cc1C(=O)N1CCNC(=O)C1. The van der Waals surface area contributed by atoms with Crippen molar-refractivity contribution in [3.05, 3.63) is 23.0 Å². The summed E-state index contributed by atoms with van der Waals surface area (Å²) in [6, 6.07) is 1.66. The van der Waals surface area contributed by atoms with Crippen molar-refractivity contribution in [3.8, 4) is 0 Å². The fraction of sp³-hybridized carbons (Fsp3) is 0.500. The fourth-order valence-corrected chi connectivity index (χ4v) is 2.27. The molecule has 0 atom stereocenters. The predicted octanol–water partition coefficient (Wildman–Crippen LogP) is 1.12. The van der Waals surface area contributed by atoms with Gasteiger partial charge in [-0.15, -0.1) is 0 Å². The summed E-state index contributed by atoms with van der Waals surface area (Å²) in [6.07, 6.45) is 2.67. The van der Waals surface area contributed by atoms with Crippen LogP contribution in [0, 0.1) is 0 Å². The van der Waals surface area contributed by atoms with Gasteiger partial charge in [0, 0.05) is 25.8 Å². The highest BCUT2D eigenvalue weighted by Gasteiger charge is 2.24. The molecule has 1 aliphatic heterocycles. The first-order valence-corrected chi connectivity index (χ1v) is 6.41. The lowest BCUT2D eigenvalue weighted by atomic mass is 10.3. The quantitative estimate of drug-likeness (QED) is 0.894. The molecule has 0 bridgehead atoms. The van der Waals surface area contributed by atoms with E-state index in [1.165, 1.54) is 0 Å². The van der Waals surface area contributed by atoms with E-state index in [4.69, 9.17) is 11.6 Å². The molecule has 1 fully saturated rings. The van der Waals surface area contributed by atoms with Gasteiger partial charge in [-0.25, -0.2) is 0 Å². The molecule has 1 saturated heterocycles. The molecule has 5 nitrogen and oxygen atoms in total. The first kappa shape index (κ1) is 13.0. The van der Waals surface area contributed by atoms with E-state index in [-0.39, 0.29) is 18.4 Å². The van der Waals surface area contributed by atoms with Crippen LogP contribution in [0.1, 0.15) is 23.8 Å². The molecular formula is C12H16ClN3O2. The average Bonchev–Trinajstić information content (AvgIpc) is 2.70. The van der Waals surface area contributed by atoms with Crippen LogP contribution < -0.4 is 5.32 Å². The first-order chi connectivity index (χ1) is 8.61. The topological polar surface area (TPSA) is 54.3 Å². The Morgan fingerprint density at radius 3 is 3.00 bits per heavy atom. The van der Waals surface area contributed by atoms with Gasteiger partial charge in [-0.1, -0.05) is 18.5 Å². The lowest BCUT2D eigenvalue weighted by molar-refractivity contribution is -0.123. The number of piperazine rings is 1. The second kappa shape index (κ2) is 5.44. The molecule has 1 aliphatic rings. The van der Waals surface area contributed by atoms with Crippen molar-refractivity contribution >= 4 is 23.4 Å². The van der Waals surface area contributed by atoms with Crippen LogP contribution in [0.15, 0.2) is 12.3 Å². The van der Waals surface area contributed by atoms with Crippen LogP contribution in [0.3, 0.4) is 0 Å². The molecule has 0 aliphatic carbocycles. The summed E-state index contributed by atoms with van der Waals surface area (Å²) < 4.78 is 1.84. The number of aromatic nitrogens is 1. The Hall–Kier alpha value is -1.49. The van der Waals surface area contributed by atoms with Gasteiger partial charge >= 0.3 is 0 Å². The van der Waals surface area contributed by atoms with Gasteiger partial charge in [0.25, 0.3) is 5.91 Å². The number of amides is 2. The van der Waals surface area contributed by atoms with Gasteiger partial charge < -0.3 is 14.8 Å². The highest BCUT2D eigenvalue weighted by Crippen LogP contribution is 2.17. The molecule has 0 saturated carbocycles. The van der Waals surface area contributed by atoms with Gasteiger partial charge in [0.05, 0.1) is 11.6 Å². The van der Waals surface area contributed by atoms with E-state index < -0.39 is 0 Å². The van der Waals surface area contributed by atoms with Crippen molar-refractivity contribution in [3.63, 3.8) is 0 Å². The third-order valence-corrected chi connectivity index (χ3v) is 3.08. The predicted molar refractivity (Wildman–Crippen MR) is 68.6 cm³/mol. The molecule has 1 aromatic rings. The lowest BCUT2D eigenvalue weighted by Crippen LogP contribution is -2.50. The van der Waals surface area contributed by atoms with Crippen LogP contribution >= 0.6 is 11.6 Å². The van der Waals surface area contributed by atoms with E-state index in [2.05, 4.69) is 5.32 Å². The zero-order chi connectivity index (χ0) is 13.1. The third-order valence-electron chi connectivity index (χ3n) is 2.87. The maximum atomic E-state index is 12.3. The summed E-state index contributed by atoms with van der Waals surface area (Å²) in [5, 5.41) is 3.25. The van der Waals surface area contributed by atoms with E-state index >= 15 is 0 Å². The molecule has 6 heteroatoms. The van der Waals surface area contributed by atoms with E-state index in [0.717, 1.165) is 13.0 Å². The number of nitrogens with one attached hydrogen (secondary N) is 1. The summed E-state index contributed by atoms with van der Waals surface area (Å²) >= 11 is 5.94. The highest BCUT2D eigenvalue weighted by atomic mass is 35.5. The van der Waals surface area contributed by atoms with E-state index in [1.807, 2.05) is 11.5 Å². The molecule has 2 heterocycles. The largest absolute Gasteiger partial charge is 0.353 e. The van der Waals surface area contributed by atoms with Crippen molar-refractivity contribution in [1.82, 2.24) is 14.8 Å². The highest BCUT2D eigenvalue weighted by molar-refractivity contribution is 6.31. The number of hydrogen-bond donors (Lipinski definition) is 1. The number of aryl methyl sites for hydroxylation is 1. The Labute approximate surface area is 111 Å². The van der Waals surface area contributed by atoms with Crippen molar-refractivity contribution in [2.45, 2.75) is 19.9 Å². The minimum absolute atomic E-state index is 0.116. The van der Waals surface area contributed by atoms with Gasteiger partial charge in [0.15, 0.2) is 0 Å². The average molecular weight is 270 g/mol. The summed E-state index contributed by atoms with van der Waals surface area (Å²) in [4.78, 5) is 25.2. The van der Waals surface area contributed by atoms with Gasteiger partial charge in [-0.2, -0.15) is 0 Å². The van der Waals surface area contributed by atoms with Crippen molar-refractivity contribution in [2.75, 3.05) is 19.6 Å². The van der Waals surface area contributed by atoms with Crippen LogP contribution in [-0.2, 0) is 11.3 Å². The molecule has 2 amide bonds. The van der Waals surface area contributed by atoms with E-state index in [0.29, 0.717) is 23.8 Å². The Balaban J connectivity index is 2.19. The third kappa shape index (κ3) is 2.67. The summed E-state index contributed by atoms with van der Waals surface area (Å²) in [5.74, 6) is -0.250. The van der Waals surface area contributed by atoms with E-state index in [9.17, 15) is 9.59 Å². The zero-order valence-electron chi connectivity index (χ0n) is 10.3. The summed E-state index contributed by atoms with van der Waals surface area (Å²) in [7, 11) is 0. The van der Waals surface area contributed by atoms with Crippen molar-refractivity contribution in [2.24, 2.45) is 0 Å². The van der Waals surface area contributed by atoms with Crippen LogP contribution in [0.5, 0.6) is 0 Å². The number of rotatable bonds is 3. The van der Waals surface area contributed by atoms with Crippen LogP contribution in [-0.4, -0.2) is 40.9 Å². The first-order valence-electron chi connectivity index (χ1n) is 6.03. The smallest absolute Gasteiger partial charge is 0.271 e. The maximum Gasteiger partial charge on any atom is 0.271 e. The van der Waals surface area contributed by atoms with Gasteiger partial charge in [-0.05, 0) is 12.5 Å². The minimum Gasteiger partial charge on any atom is -0.353 e. The number of carbonyl (C=O) groups excluding carboxylic acids is 2. The van der Waals surface area contributed by atoms with Gasteiger partial charge in [0.1, 0.15) is 5.69 Å². The normalized spacial score (nSPS) is 15.7. The standard InChI is InChI=1S/C12H16ClN3O2/c1-2-4-15-7-9(13)6-10(15)12(18)16-5-3-14-11(17)8-16/h6-7H,2-5,8H2,1H3,(H,14,17). The molecule has 18 heavy (non-hydrogen) atoms. The minimum atomic E-state index is -0.134. The Morgan fingerprint density at radius 2 is 2.33 bits per heavy atom. The Bertz CT molecular complexity index is 470. The Kier molecular flexibility index (Phi) is 3.91. The second-order valence-corrected chi connectivity index (χ2v) is 4.75. The molecule has 1 aromatic heterocycles. The molecule has 0 spiro atoms. The molecule has 0 unspecified atom stereocenters. The molecule has 98 valence electrons. The van der Waals surface area contributed by atoms with Crippen LogP contribution in [0.25, 0.3) is 0 Å². The zero-order valence-corrected chi connectivity index (χ0v) is 11.0. The number of nitrogens with zero attached hydrogens (tertiary/aromatic N) is 2. The summed E-state index contributed by atoms with van der Waals surface area (Å²) in [5.41, 5.74) is 0.552. The van der Waals surface area contributed by atoms with Gasteiger partial charge in [0.2, 0.25) is 5.91 Å². The molecule has 2 rings (SSSR count). The van der Waals surface area contributed by atoms with Gasteiger partial charge in [-0.3, -0.25) is 9.59 Å². The monoisotopic (exact) mass is 269 g/mol. The van der Waals surface area contributed by atoms with Crippen molar-refractivity contribution in [1.29, 1.82) is 0 Å². The van der Waals surface area contributed by atoms with Crippen LogP contribution in [0.2, 0.25) is 5.02 Å². The molecular weight excluding hydrogens is 254 g/mol. The lowest BCUT2D eigenvalue weighted by Gasteiger charge is -2.26. The number of halogens is 1. The Morgan fingerprint density at radius 1 is 1.56 bits per heavy atom. The number of carbonyl (C=O) groups is 2. The van der Waals surface area contributed by atoms with E-state index in [1.54, 1.807) is 17.2 Å².